The third-order valence-corrected chi connectivity index (χ3v) is 6.61. The minimum atomic E-state index is -4.37. The molecule has 0 unspecified atom stereocenters. The van der Waals surface area contributed by atoms with Crippen LogP contribution in [0.2, 0.25) is 0 Å². The molecule has 7 heteroatoms. The van der Waals surface area contributed by atoms with Crippen LogP contribution in [0.15, 0.2) is 84.9 Å². The Morgan fingerprint density at radius 3 is 2.03 bits per heavy atom. The van der Waals surface area contributed by atoms with Crippen LogP contribution in [0, 0.1) is 5.92 Å². The molecule has 0 aliphatic carbocycles. The third kappa shape index (κ3) is 6.10. The van der Waals surface area contributed by atoms with E-state index in [4.69, 9.17) is 10.5 Å². The summed E-state index contributed by atoms with van der Waals surface area (Å²) < 4.78 is 45.1. The molecule has 35 heavy (non-hydrogen) atoms. The number of hydrogen-bond donors (Lipinski definition) is 1. The Bertz CT molecular complexity index is 1050. The highest BCUT2D eigenvalue weighted by molar-refractivity contribution is 5.78. The maximum atomic E-state index is 12.9. The highest BCUT2D eigenvalue weighted by Gasteiger charge is 2.38. The molecule has 184 valence electrons. The van der Waals surface area contributed by atoms with Gasteiger partial charge in [-0.25, -0.2) is 0 Å². The lowest BCUT2D eigenvalue weighted by molar-refractivity contribution is -0.138. The van der Waals surface area contributed by atoms with Crippen LogP contribution < -0.4 is 5.73 Å². The Hall–Kier alpha value is -3.16. The van der Waals surface area contributed by atoms with Crippen molar-refractivity contribution in [1.82, 2.24) is 4.90 Å². The minimum Gasteiger partial charge on any atom is -0.373 e. The molecule has 1 aliphatic rings. The van der Waals surface area contributed by atoms with E-state index in [0.29, 0.717) is 25.1 Å². The van der Waals surface area contributed by atoms with Crippen molar-refractivity contribution >= 4 is 5.91 Å². The normalized spacial score (nSPS) is 18.6. The summed E-state index contributed by atoms with van der Waals surface area (Å²) in [6, 6.07) is 25.3. The molecule has 0 aromatic heterocycles. The molecule has 1 saturated heterocycles. The number of piperidine rings is 1. The van der Waals surface area contributed by atoms with Crippen molar-refractivity contribution in [3.8, 4) is 0 Å². The van der Waals surface area contributed by atoms with Crippen LogP contribution in [0.1, 0.15) is 34.6 Å². The molecule has 0 radical (unpaired) electrons. The Labute approximate surface area is 203 Å². The molecule has 4 rings (SSSR count). The van der Waals surface area contributed by atoms with Crippen LogP contribution >= 0.6 is 0 Å². The molecule has 4 nitrogen and oxygen atoms in total. The molecule has 0 bridgehead atoms. The first-order chi connectivity index (χ1) is 16.9. The monoisotopic (exact) mass is 482 g/mol. The second kappa shape index (κ2) is 11.1. The van der Waals surface area contributed by atoms with Gasteiger partial charge in [-0.1, -0.05) is 72.8 Å². The fourth-order valence-electron chi connectivity index (χ4n) is 4.84. The van der Waals surface area contributed by atoms with Gasteiger partial charge in [-0.3, -0.25) is 4.79 Å². The van der Waals surface area contributed by atoms with Gasteiger partial charge >= 0.3 is 6.18 Å². The van der Waals surface area contributed by atoms with Crippen molar-refractivity contribution in [3.05, 3.63) is 107 Å². The van der Waals surface area contributed by atoms with E-state index < -0.39 is 11.7 Å². The lowest BCUT2D eigenvalue weighted by Gasteiger charge is -2.42. The number of nitrogens with two attached hydrogens (primary N) is 1. The molecule has 1 amide bonds. The molecule has 1 heterocycles. The van der Waals surface area contributed by atoms with Crippen LogP contribution in [-0.2, 0) is 22.3 Å². The highest BCUT2D eigenvalue weighted by atomic mass is 19.4. The summed E-state index contributed by atoms with van der Waals surface area (Å²) in [4.78, 5) is 14.3. The molecule has 2 N–H and O–H groups in total. The highest BCUT2D eigenvalue weighted by Crippen LogP contribution is 2.39. The SMILES string of the molecule is NCC(=O)N1CC[C@H](OCc2ccc(C(F)(F)F)cc2)[C@H](C(c2ccccc2)c2ccccc2)C1. The first-order valence-corrected chi connectivity index (χ1v) is 11.7. The second-order valence-corrected chi connectivity index (χ2v) is 8.84. The average molecular weight is 483 g/mol. The summed E-state index contributed by atoms with van der Waals surface area (Å²) in [6.45, 7) is 1.16. The standard InChI is InChI=1S/C28H29F3N2O2/c29-28(30,31)23-13-11-20(12-14-23)19-35-25-15-16-33(26(34)17-32)18-24(25)27(21-7-3-1-4-8-21)22-9-5-2-6-10-22/h1-14,24-25,27H,15-19,32H2/t24-,25+/m1/s1. The number of carbonyl (C=O) groups is 1. The van der Waals surface area contributed by atoms with E-state index in [1.54, 1.807) is 4.90 Å². The predicted octanol–water partition coefficient (Wildman–Crippen LogP) is 5.23. The van der Waals surface area contributed by atoms with Gasteiger partial charge in [-0.15, -0.1) is 0 Å². The van der Waals surface area contributed by atoms with Gasteiger partial charge in [0.1, 0.15) is 0 Å². The fraction of sp³-hybridized carbons (Fsp3) is 0.321. The number of likely N-dealkylation sites (tertiary alicyclic amines) is 1. The Balaban J connectivity index is 1.61. The number of benzene rings is 3. The van der Waals surface area contributed by atoms with Crippen molar-refractivity contribution < 1.29 is 22.7 Å². The number of hydrogen-bond acceptors (Lipinski definition) is 3. The van der Waals surface area contributed by atoms with E-state index in [-0.39, 0.29) is 37.0 Å². The Morgan fingerprint density at radius 2 is 1.51 bits per heavy atom. The molecular weight excluding hydrogens is 453 g/mol. The molecule has 1 fully saturated rings. The number of halogens is 3. The van der Waals surface area contributed by atoms with Gasteiger partial charge in [0.05, 0.1) is 24.8 Å². The lowest BCUT2D eigenvalue weighted by Crippen LogP contribution is -2.50. The summed E-state index contributed by atoms with van der Waals surface area (Å²) in [5, 5.41) is 0. The zero-order chi connectivity index (χ0) is 24.8. The quantitative estimate of drug-likeness (QED) is 0.502. The van der Waals surface area contributed by atoms with Gasteiger partial charge in [0.2, 0.25) is 5.91 Å². The topological polar surface area (TPSA) is 55.6 Å². The maximum Gasteiger partial charge on any atom is 0.416 e. The summed E-state index contributed by atoms with van der Waals surface area (Å²) in [5.41, 5.74) is 7.89. The van der Waals surface area contributed by atoms with Gasteiger partial charge in [0.25, 0.3) is 0 Å². The smallest absolute Gasteiger partial charge is 0.373 e. The average Bonchev–Trinajstić information content (AvgIpc) is 2.88. The molecule has 3 aromatic rings. The Morgan fingerprint density at radius 1 is 0.943 bits per heavy atom. The molecule has 1 aliphatic heterocycles. The third-order valence-electron chi connectivity index (χ3n) is 6.61. The van der Waals surface area contributed by atoms with Crippen molar-refractivity contribution in [2.75, 3.05) is 19.6 Å². The molecular formula is C28H29F3N2O2. The fourth-order valence-corrected chi connectivity index (χ4v) is 4.84. The van der Waals surface area contributed by atoms with E-state index in [1.165, 1.54) is 12.1 Å². The number of rotatable bonds is 7. The first-order valence-electron chi connectivity index (χ1n) is 11.7. The summed E-state index contributed by atoms with van der Waals surface area (Å²) in [5.74, 6) is -0.182. The van der Waals surface area contributed by atoms with Crippen LogP contribution in [0.3, 0.4) is 0 Å². The van der Waals surface area contributed by atoms with E-state index >= 15 is 0 Å². The van der Waals surface area contributed by atoms with Gasteiger partial charge in [-0.2, -0.15) is 13.2 Å². The molecule has 0 spiro atoms. The zero-order valence-corrected chi connectivity index (χ0v) is 19.3. The van der Waals surface area contributed by atoms with Crippen molar-refractivity contribution in [2.24, 2.45) is 11.7 Å². The lowest BCUT2D eigenvalue weighted by atomic mass is 9.75. The van der Waals surface area contributed by atoms with Gasteiger partial charge in [-0.05, 0) is 35.2 Å². The zero-order valence-electron chi connectivity index (χ0n) is 19.3. The van der Waals surface area contributed by atoms with Crippen molar-refractivity contribution in [2.45, 2.75) is 31.2 Å². The van der Waals surface area contributed by atoms with Crippen molar-refractivity contribution in [1.29, 1.82) is 0 Å². The number of nitrogens with zero attached hydrogens (tertiary/aromatic N) is 1. The largest absolute Gasteiger partial charge is 0.416 e. The second-order valence-electron chi connectivity index (χ2n) is 8.84. The van der Waals surface area contributed by atoms with Gasteiger partial charge in [0, 0.05) is 24.9 Å². The van der Waals surface area contributed by atoms with E-state index in [9.17, 15) is 18.0 Å². The number of ether oxygens (including phenoxy) is 1. The predicted molar refractivity (Wildman–Crippen MR) is 128 cm³/mol. The van der Waals surface area contributed by atoms with E-state index in [1.807, 2.05) is 36.4 Å². The number of amides is 1. The minimum absolute atomic E-state index is 0.0246. The van der Waals surface area contributed by atoms with Crippen LogP contribution in [0.5, 0.6) is 0 Å². The summed E-state index contributed by atoms with van der Waals surface area (Å²) in [6.07, 6.45) is -3.94. The molecule has 2 atom stereocenters. The van der Waals surface area contributed by atoms with Crippen LogP contribution in [0.4, 0.5) is 13.2 Å². The van der Waals surface area contributed by atoms with Crippen LogP contribution in [0.25, 0.3) is 0 Å². The van der Waals surface area contributed by atoms with E-state index in [2.05, 4.69) is 24.3 Å². The van der Waals surface area contributed by atoms with E-state index in [0.717, 1.165) is 23.3 Å². The van der Waals surface area contributed by atoms with Crippen molar-refractivity contribution in [3.63, 3.8) is 0 Å². The van der Waals surface area contributed by atoms with Gasteiger partial charge < -0.3 is 15.4 Å². The summed E-state index contributed by atoms with van der Waals surface area (Å²) >= 11 is 0. The first kappa shape index (κ1) is 24.9. The maximum absolute atomic E-state index is 12.9. The molecule has 3 aromatic carbocycles. The number of carbonyl (C=O) groups excluding carboxylic acids is 1. The Kier molecular flexibility index (Phi) is 7.88. The summed E-state index contributed by atoms with van der Waals surface area (Å²) in [7, 11) is 0. The van der Waals surface area contributed by atoms with Gasteiger partial charge in [0.15, 0.2) is 0 Å². The molecule has 0 saturated carbocycles. The van der Waals surface area contributed by atoms with Crippen LogP contribution in [-0.4, -0.2) is 36.5 Å². The number of alkyl halides is 3.